The predicted octanol–water partition coefficient (Wildman–Crippen LogP) is 2.86. The highest BCUT2D eigenvalue weighted by molar-refractivity contribution is 6.18. The van der Waals surface area contributed by atoms with Gasteiger partial charge in [0, 0.05) is 24.5 Å². The Hall–Kier alpha value is 0.210. The highest BCUT2D eigenvalue weighted by atomic mass is 35.5. The van der Waals surface area contributed by atoms with Crippen LogP contribution in [0.1, 0.15) is 45.4 Å². The first kappa shape index (κ1) is 13.6. The number of nitrogens with zero attached hydrogens (tertiary/aromatic N) is 1. The molecular formula is C14H27ClN2. The van der Waals surface area contributed by atoms with Gasteiger partial charge in [0.05, 0.1) is 0 Å². The molecule has 0 spiro atoms. The van der Waals surface area contributed by atoms with E-state index in [4.69, 9.17) is 11.6 Å². The maximum Gasteiger partial charge on any atom is 0.0406 e. The van der Waals surface area contributed by atoms with Gasteiger partial charge >= 0.3 is 0 Å². The highest BCUT2D eigenvalue weighted by Gasteiger charge is 2.32. The SMILES string of the molecule is CC1CCC(CCl)(NCCN2CCCC2)CC1. The first-order valence-electron chi connectivity index (χ1n) is 7.27. The van der Waals surface area contributed by atoms with Crippen molar-refractivity contribution in [1.82, 2.24) is 10.2 Å². The largest absolute Gasteiger partial charge is 0.309 e. The Bertz CT molecular complexity index is 218. The molecule has 3 heteroatoms. The minimum atomic E-state index is 0.244. The van der Waals surface area contributed by atoms with E-state index in [1.165, 1.54) is 58.2 Å². The van der Waals surface area contributed by atoms with Crippen molar-refractivity contribution >= 4 is 11.6 Å². The molecule has 1 aliphatic carbocycles. The van der Waals surface area contributed by atoms with Gasteiger partial charge in [-0.25, -0.2) is 0 Å². The highest BCUT2D eigenvalue weighted by Crippen LogP contribution is 2.32. The zero-order valence-corrected chi connectivity index (χ0v) is 11.9. The first-order chi connectivity index (χ1) is 8.24. The molecule has 0 radical (unpaired) electrons. The molecule has 1 N–H and O–H groups in total. The minimum absolute atomic E-state index is 0.244. The van der Waals surface area contributed by atoms with Gasteiger partial charge in [0.25, 0.3) is 0 Å². The number of likely N-dealkylation sites (tertiary alicyclic amines) is 1. The van der Waals surface area contributed by atoms with E-state index in [9.17, 15) is 0 Å². The van der Waals surface area contributed by atoms with Crippen LogP contribution in [0.4, 0.5) is 0 Å². The zero-order chi connectivity index (χ0) is 12.1. The van der Waals surface area contributed by atoms with E-state index in [1.54, 1.807) is 0 Å². The molecule has 0 unspecified atom stereocenters. The van der Waals surface area contributed by atoms with E-state index >= 15 is 0 Å². The number of nitrogens with one attached hydrogen (secondary N) is 1. The molecule has 1 aliphatic heterocycles. The summed E-state index contributed by atoms with van der Waals surface area (Å²) in [6, 6.07) is 0. The van der Waals surface area contributed by atoms with Crippen molar-refractivity contribution in [2.75, 3.05) is 32.1 Å². The van der Waals surface area contributed by atoms with Crippen molar-refractivity contribution in [1.29, 1.82) is 0 Å². The fraction of sp³-hybridized carbons (Fsp3) is 1.00. The van der Waals surface area contributed by atoms with E-state index in [0.29, 0.717) is 0 Å². The number of hydrogen-bond donors (Lipinski definition) is 1. The summed E-state index contributed by atoms with van der Waals surface area (Å²) in [5.41, 5.74) is 0.244. The molecule has 0 aromatic rings. The molecule has 1 heterocycles. The molecule has 0 aromatic heterocycles. The van der Waals surface area contributed by atoms with Crippen LogP contribution in [0.3, 0.4) is 0 Å². The number of hydrogen-bond acceptors (Lipinski definition) is 2. The molecule has 1 saturated carbocycles. The molecule has 2 rings (SSSR count). The second-order valence-electron chi connectivity index (χ2n) is 6.07. The maximum absolute atomic E-state index is 6.20. The molecule has 17 heavy (non-hydrogen) atoms. The monoisotopic (exact) mass is 258 g/mol. The lowest BCUT2D eigenvalue weighted by Crippen LogP contribution is -2.51. The lowest BCUT2D eigenvalue weighted by Gasteiger charge is -2.39. The van der Waals surface area contributed by atoms with Crippen LogP contribution in [0.2, 0.25) is 0 Å². The Kier molecular flexibility index (Phi) is 5.13. The third kappa shape index (κ3) is 3.84. The van der Waals surface area contributed by atoms with Gasteiger partial charge in [0.1, 0.15) is 0 Å². The van der Waals surface area contributed by atoms with Gasteiger partial charge in [-0.15, -0.1) is 11.6 Å². The van der Waals surface area contributed by atoms with Crippen LogP contribution in [0.5, 0.6) is 0 Å². The summed E-state index contributed by atoms with van der Waals surface area (Å²) in [4.78, 5) is 2.57. The number of rotatable bonds is 5. The molecule has 2 aliphatic rings. The summed E-state index contributed by atoms with van der Waals surface area (Å²) in [5.74, 6) is 1.67. The zero-order valence-electron chi connectivity index (χ0n) is 11.2. The van der Waals surface area contributed by atoms with Gasteiger partial charge in [-0.1, -0.05) is 6.92 Å². The van der Waals surface area contributed by atoms with Crippen molar-refractivity contribution in [2.45, 2.75) is 51.0 Å². The lowest BCUT2D eigenvalue weighted by atomic mass is 9.78. The molecule has 0 atom stereocenters. The van der Waals surface area contributed by atoms with Crippen molar-refractivity contribution in [3.63, 3.8) is 0 Å². The first-order valence-corrected chi connectivity index (χ1v) is 7.81. The van der Waals surface area contributed by atoms with Crippen molar-refractivity contribution in [2.24, 2.45) is 5.92 Å². The van der Waals surface area contributed by atoms with E-state index in [2.05, 4.69) is 17.1 Å². The Morgan fingerprint density at radius 1 is 1.24 bits per heavy atom. The topological polar surface area (TPSA) is 15.3 Å². The fourth-order valence-electron chi connectivity index (χ4n) is 3.16. The molecule has 0 aromatic carbocycles. The van der Waals surface area contributed by atoms with Gasteiger partial charge in [0.15, 0.2) is 0 Å². The Morgan fingerprint density at radius 3 is 2.47 bits per heavy atom. The summed E-state index contributed by atoms with van der Waals surface area (Å²) >= 11 is 6.20. The Balaban J connectivity index is 1.71. The van der Waals surface area contributed by atoms with Crippen LogP contribution in [-0.2, 0) is 0 Å². The summed E-state index contributed by atoms with van der Waals surface area (Å²) in [7, 11) is 0. The van der Waals surface area contributed by atoms with Crippen LogP contribution >= 0.6 is 11.6 Å². The number of halogens is 1. The maximum atomic E-state index is 6.20. The second-order valence-corrected chi connectivity index (χ2v) is 6.34. The quantitative estimate of drug-likeness (QED) is 0.763. The third-order valence-corrected chi connectivity index (χ3v) is 5.13. The standard InChI is InChI=1S/C14H27ClN2/c1-13-4-6-14(12-15,7-5-13)16-8-11-17-9-2-3-10-17/h13,16H,2-12H2,1H3. The smallest absolute Gasteiger partial charge is 0.0406 e. The van der Waals surface area contributed by atoms with Gasteiger partial charge in [-0.3, -0.25) is 0 Å². The Morgan fingerprint density at radius 2 is 1.88 bits per heavy atom. The van der Waals surface area contributed by atoms with Crippen molar-refractivity contribution in [3.8, 4) is 0 Å². The summed E-state index contributed by atoms with van der Waals surface area (Å²) < 4.78 is 0. The predicted molar refractivity (Wildman–Crippen MR) is 74.8 cm³/mol. The average molecular weight is 259 g/mol. The molecule has 2 nitrogen and oxygen atoms in total. The van der Waals surface area contributed by atoms with Gasteiger partial charge < -0.3 is 10.2 Å². The normalized spacial score (nSPS) is 35.3. The van der Waals surface area contributed by atoms with Crippen molar-refractivity contribution in [3.05, 3.63) is 0 Å². The van der Waals surface area contributed by atoms with Gasteiger partial charge in [0.2, 0.25) is 0 Å². The van der Waals surface area contributed by atoms with Crippen LogP contribution in [0.15, 0.2) is 0 Å². The molecule has 100 valence electrons. The van der Waals surface area contributed by atoms with Crippen LogP contribution in [0.25, 0.3) is 0 Å². The van der Waals surface area contributed by atoms with Gasteiger partial charge in [-0.05, 0) is 57.5 Å². The molecule has 0 amide bonds. The summed E-state index contributed by atoms with van der Waals surface area (Å²) in [5, 5.41) is 3.76. The number of alkyl halides is 1. The molecule has 0 bridgehead atoms. The van der Waals surface area contributed by atoms with E-state index in [0.717, 1.165) is 18.3 Å². The average Bonchev–Trinajstić information content (AvgIpc) is 2.85. The molecule has 1 saturated heterocycles. The molecule has 2 fully saturated rings. The van der Waals surface area contributed by atoms with Crippen molar-refractivity contribution < 1.29 is 0 Å². The van der Waals surface area contributed by atoms with E-state index in [-0.39, 0.29) is 5.54 Å². The molecular weight excluding hydrogens is 232 g/mol. The summed E-state index contributed by atoms with van der Waals surface area (Å²) in [6.45, 7) is 7.27. The van der Waals surface area contributed by atoms with Crippen LogP contribution in [0, 0.1) is 5.92 Å². The third-order valence-electron chi connectivity index (χ3n) is 4.61. The van der Waals surface area contributed by atoms with Gasteiger partial charge in [-0.2, -0.15) is 0 Å². The van der Waals surface area contributed by atoms with E-state index < -0.39 is 0 Å². The van der Waals surface area contributed by atoms with Crippen LogP contribution in [-0.4, -0.2) is 42.5 Å². The fourth-order valence-corrected chi connectivity index (χ4v) is 3.52. The van der Waals surface area contributed by atoms with E-state index in [1.807, 2.05) is 0 Å². The summed E-state index contributed by atoms with van der Waals surface area (Å²) in [6.07, 6.45) is 7.97. The minimum Gasteiger partial charge on any atom is -0.309 e. The lowest BCUT2D eigenvalue weighted by molar-refractivity contribution is 0.208. The second kappa shape index (κ2) is 6.40. The van der Waals surface area contributed by atoms with Crippen LogP contribution < -0.4 is 5.32 Å². The Labute approximate surface area is 111 Å².